The molecule has 3 heteroatoms. The molecule has 1 saturated carbocycles. The summed E-state index contributed by atoms with van der Waals surface area (Å²) in [4.78, 5) is 11.8. The second-order valence-electron chi connectivity index (χ2n) is 4.98. The van der Waals surface area contributed by atoms with Gasteiger partial charge in [-0.1, -0.05) is 31.2 Å². The first kappa shape index (κ1) is 13.5. The van der Waals surface area contributed by atoms with E-state index < -0.39 is 0 Å². The molecule has 1 aromatic carbocycles. The topological polar surface area (TPSA) is 41.1 Å². The van der Waals surface area contributed by atoms with Gasteiger partial charge >= 0.3 is 0 Å². The van der Waals surface area contributed by atoms with Gasteiger partial charge in [0.2, 0.25) is 5.91 Å². The number of anilines is 1. The van der Waals surface area contributed by atoms with E-state index in [1.807, 2.05) is 24.3 Å². The van der Waals surface area contributed by atoms with Crippen LogP contribution >= 0.6 is 0 Å². The maximum atomic E-state index is 11.8. The quantitative estimate of drug-likeness (QED) is 0.813. The van der Waals surface area contributed by atoms with Crippen molar-refractivity contribution in [2.24, 2.45) is 0 Å². The molecule has 0 atom stereocenters. The van der Waals surface area contributed by atoms with Crippen LogP contribution in [0.15, 0.2) is 24.3 Å². The van der Waals surface area contributed by atoms with Crippen molar-refractivity contribution in [2.75, 3.05) is 11.9 Å². The number of rotatable bonds is 4. The molecule has 0 heterocycles. The van der Waals surface area contributed by atoms with Gasteiger partial charge in [-0.3, -0.25) is 4.79 Å². The lowest BCUT2D eigenvalue weighted by Gasteiger charge is -2.22. The second kappa shape index (κ2) is 6.84. The summed E-state index contributed by atoms with van der Waals surface area (Å²) in [6, 6.07) is 7.90. The summed E-state index contributed by atoms with van der Waals surface area (Å²) >= 11 is 0. The van der Waals surface area contributed by atoms with Crippen LogP contribution in [0.1, 0.15) is 37.7 Å². The Hall–Kier alpha value is -1.95. The number of terminal acetylenes is 1. The summed E-state index contributed by atoms with van der Waals surface area (Å²) in [5.41, 5.74) is 1.70. The molecule has 0 radical (unpaired) electrons. The summed E-state index contributed by atoms with van der Waals surface area (Å²) in [7, 11) is 0. The van der Waals surface area contributed by atoms with E-state index in [0.717, 1.165) is 24.1 Å². The highest BCUT2D eigenvalue weighted by atomic mass is 16.1. The Morgan fingerprint density at radius 1 is 1.32 bits per heavy atom. The largest absolute Gasteiger partial charge is 0.376 e. The summed E-state index contributed by atoms with van der Waals surface area (Å²) in [5.74, 6) is 2.63. The Kier molecular flexibility index (Phi) is 4.85. The fraction of sp³-hybridized carbons (Fsp3) is 0.438. The van der Waals surface area contributed by atoms with Crippen LogP contribution in [0, 0.1) is 12.3 Å². The molecule has 100 valence electrons. The van der Waals surface area contributed by atoms with Crippen molar-refractivity contribution in [3.05, 3.63) is 29.8 Å². The minimum atomic E-state index is 0.0537. The SMILES string of the molecule is C#Cc1cccc(NCC(=O)NC2CCCCC2)c1. The fourth-order valence-corrected chi connectivity index (χ4v) is 2.43. The molecule has 2 rings (SSSR count). The second-order valence-corrected chi connectivity index (χ2v) is 4.98. The lowest BCUT2D eigenvalue weighted by Crippen LogP contribution is -2.39. The highest BCUT2D eigenvalue weighted by molar-refractivity contribution is 5.81. The van der Waals surface area contributed by atoms with Crippen LogP contribution in [0.4, 0.5) is 5.69 Å². The Labute approximate surface area is 114 Å². The first-order valence-electron chi connectivity index (χ1n) is 6.88. The van der Waals surface area contributed by atoms with Gasteiger partial charge in [-0.2, -0.15) is 0 Å². The van der Waals surface area contributed by atoms with Crippen molar-refractivity contribution in [2.45, 2.75) is 38.1 Å². The molecular formula is C16H20N2O. The molecule has 19 heavy (non-hydrogen) atoms. The van der Waals surface area contributed by atoms with Crippen molar-refractivity contribution >= 4 is 11.6 Å². The van der Waals surface area contributed by atoms with Gasteiger partial charge in [-0.25, -0.2) is 0 Å². The lowest BCUT2D eigenvalue weighted by molar-refractivity contribution is -0.120. The molecule has 1 aromatic rings. The molecule has 0 aliphatic heterocycles. The van der Waals surface area contributed by atoms with Gasteiger partial charge in [-0.05, 0) is 31.0 Å². The van der Waals surface area contributed by atoms with Gasteiger partial charge in [0, 0.05) is 17.3 Å². The molecule has 1 aliphatic rings. The molecule has 1 aliphatic carbocycles. The van der Waals surface area contributed by atoms with E-state index in [1.54, 1.807) is 0 Å². The van der Waals surface area contributed by atoms with Crippen LogP contribution in [-0.2, 0) is 4.79 Å². The van der Waals surface area contributed by atoms with E-state index in [9.17, 15) is 4.79 Å². The maximum absolute atomic E-state index is 11.8. The number of hydrogen-bond donors (Lipinski definition) is 2. The Bertz CT molecular complexity index is 470. The van der Waals surface area contributed by atoms with E-state index in [2.05, 4.69) is 16.6 Å². The highest BCUT2D eigenvalue weighted by Gasteiger charge is 2.15. The van der Waals surface area contributed by atoms with Gasteiger partial charge in [0.05, 0.1) is 6.54 Å². The number of nitrogens with one attached hydrogen (secondary N) is 2. The van der Waals surface area contributed by atoms with Gasteiger partial charge in [-0.15, -0.1) is 6.42 Å². The van der Waals surface area contributed by atoms with Crippen molar-refractivity contribution in [1.82, 2.24) is 5.32 Å². The average molecular weight is 256 g/mol. The molecular weight excluding hydrogens is 236 g/mol. The third-order valence-corrected chi connectivity index (χ3v) is 3.45. The Balaban J connectivity index is 1.78. The van der Waals surface area contributed by atoms with Crippen LogP contribution in [-0.4, -0.2) is 18.5 Å². The van der Waals surface area contributed by atoms with E-state index in [0.29, 0.717) is 12.6 Å². The number of carbonyl (C=O) groups excluding carboxylic acids is 1. The zero-order chi connectivity index (χ0) is 13.5. The summed E-state index contributed by atoms with van der Waals surface area (Å²) in [5, 5.41) is 6.18. The Morgan fingerprint density at radius 3 is 2.84 bits per heavy atom. The monoisotopic (exact) mass is 256 g/mol. The number of carbonyl (C=O) groups is 1. The predicted octanol–water partition coefficient (Wildman–Crippen LogP) is 2.53. The van der Waals surface area contributed by atoms with Crippen LogP contribution in [0.2, 0.25) is 0 Å². The summed E-state index contributed by atoms with van der Waals surface area (Å²) in [6.45, 7) is 0.296. The smallest absolute Gasteiger partial charge is 0.239 e. The van der Waals surface area contributed by atoms with Gasteiger partial charge in [0.25, 0.3) is 0 Å². The van der Waals surface area contributed by atoms with Crippen molar-refractivity contribution in [3.8, 4) is 12.3 Å². The zero-order valence-electron chi connectivity index (χ0n) is 11.1. The first-order chi connectivity index (χ1) is 9.28. The number of benzene rings is 1. The molecule has 0 spiro atoms. The molecule has 3 nitrogen and oxygen atoms in total. The lowest BCUT2D eigenvalue weighted by atomic mass is 9.95. The van der Waals surface area contributed by atoms with Crippen molar-refractivity contribution in [1.29, 1.82) is 0 Å². The molecule has 0 aromatic heterocycles. The average Bonchev–Trinajstić information content (AvgIpc) is 2.46. The first-order valence-corrected chi connectivity index (χ1v) is 6.88. The third kappa shape index (κ3) is 4.33. The van der Waals surface area contributed by atoms with E-state index in [1.165, 1.54) is 19.3 Å². The number of amides is 1. The van der Waals surface area contributed by atoms with Gasteiger partial charge in [0.1, 0.15) is 0 Å². The van der Waals surface area contributed by atoms with Gasteiger partial charge in [0.15, 0.2) is 0 Å². The molecule has 0 bridgehead atoms. The van der Waals surface area contributed by atoms with Crippen LogP contribution in [0.5, 0.6) is 0 Å². The zero-order valence-corrected chi connectivity index (χ0v) is 11.1. The minimum Gasteiger partial charge on any atom is -0.376 e. The molecule has 1 fully saturated rings. The minimum absolute atomic E-state index is 0.0537. The predicted molar refractivity (Wildman–Crippen MR) is 77.9 cm³/mol. The van der Waals surface area contributed by atoms with Crippen LogP contribution in [0.3, 0.4) is 0 Å². The summed E-state index contributed by atoms with van der Waals surface area (Å²) < 4.78 is 0. The standard InChI is InChI=1S/C16H20N2O/c1-2-13-7-6-10-15(11-13)17-12-16(19)18-14-8-4-3-5-9-14/h1,6-7,10-11,14,17H,3-5,8-9,12H2,(H,18,19). The highest BCUT2D eigenvalue weighted by Crippen LogP contribution is 2.17. The van der Waals surface area contributed by atoms with E-state index in [-0.39, 0.29) is 5.91 Å². The number of hydrogen-bond acceptors (Lipinski definition) is 2. The molecule has 2 N–H and O–H groups in total. The van der Waals surface area contributed by atoms with Crippen LogP contribution in [0.25, 0.3) is 0 Å². The van der Waals surface area contributed by atoms with Gasteiger partial charge < -0.3 is 10.6 Å². The van der Waals surface area contributed by atoms with Crippen molar-refractivity contribution in [3.63, 3.8) is 0 Å². The summed E-state index contributed by atoms with van der Waals surface area (Å²) in [6.07, 6.45) is 11.3. The van der Waals surface area contributed by atoms with Crippen molar-refractivity contribution < 1.29 is 4.79 Å². The van der Waals surface area contributed by atoms with Crippen LogP contribution < -0.4 is 10.6 Å². The van der Waals surface area contributed by atoms with E-state index in [4.69, 9.17) is 6.42 Å². The van der Waals surface area contributed by atoms with E-state index >= 15 is 0 Å². The maximum Gasteiger partial charge on any atom is 0.239 e. The molecule has 1 amide bonds. The molecule has 0 saturated heterocycles. The molecule has 0 unspecified atom stereocenters. The fourth-order valence-electron chi connectivity index (χ4n) is 2.43. The normalized spacial score (nSPS) is 15.5. The Morgan fingerprint density at radius 2 is 2.11 bits per heavy atom. The third-order valence-electron chi connectivity index (χ3n) is 3.45.